The third-order valence-electron chi connectivity index (χ3n) is 15.1. The zero-order valence-electron chi connectivity index (χ0n) is 53.1. The summed E-state index contributed by atoms with van der Waals surface area (Å²) in [6, 6.07) is 0. The van der Waals surface area contributed by atoms with E-state index < -0.39 is 6.10 Å². The van der Waals surface area contributed by atoms with E-state index in [1.807, 2.05) is 0 Å². The van der Waals surface area contributed by atoms with E-state index in [0.29, 0.717) is 19.3 Å². The van der Waals surface area contributed by atoms with E-state index in [2.05, 4.69) is 106 Å². The van der Waals surface area contributed by atoms with Gasteiger partial charge in [0.25, 0.3) is 0 Å². The van der Waals surface area contributed by atoms with E-state index in [4.69, 9.17) is 14.2 Å². The normalized spacial score (nSPS) is 12.6. The van der Waals surface area contributed by atoms with Crippen molar-refractivity contribution in [1.82, 2.24) is 0 Å². The first-order valence-corrected chi connectivity index (χ1v) is 34.6. The number of carbonyl (C=O) groups is 3. The van der Waals surface area contributed by atoms with Gasteiger partial charge in [0.05, 0.1) is 0 Å². The average Bonchev–Trinajstić information content (AvgIpc) is 3.46. The maximum absolute atomic E-state index is 12.9. The van der Waals surface area contributed by atoms with Crippen molar-refractivity contribution in [3.8, 4) is 0 Å². The molecule has 0 saturated carbocycles. The van der Waals surface area contributed by atoms with Gasteiger partial charge in [0.2, 0.25) is 0 Å². The van der Waals surface area contributed by atoms with Gasteiger partial charge in [-0.2, -0.15) is 0 Å². The Bertz CT molecular complexity index is 1520. The van der Waals surface area contributed by atoms with Crippen LogP contribution in [0.5, 0.6) is 0 Å². The fourth-order valence-electron chi connectivity index (χ4n) is 9.93. The van der Waals surface area contributed by atoms with Crippen molar-refractivity contribution in [2.45, 2.75) is 354 Å². The molecule has 1 unspecified atom stereocenters. The number of unbranched alkanes of at least 4 members (excludes halogenated alkanes) is 38. The molecule has 1 atom stereocenters. The molecule has 0 aromatic carbocycles. The minimum atomic E-state index is -0.801. The monoisotopic (exact) mass is 1110 g/mol. The molecule has 80 heavy (non-hydrogen) atoms. The van der Waals surface area contributed by atoms with Gasteiger partial charge in [-0.15, -0.1) is 0 Å². The van der Waals surface area contributed by atoms with E-state index in [1.165, 1.54) is 212 Å². The van der Waals surface area contributed by atoms with Crippen molar-refractivity contribution in [1.29, 1.82) is 0 Å². The Morgan fingerprint density at radius 1 is 0.263 bits per heavy atom. The molecule has 0 bridgehead atoms. The maximum atomic E-state index is 12.9. The summed E-state index contributed by atoms with van der Waals surface area (Å²) in [5.74, 6) is -0.930. The summed E-state index contributed by atoms with van der Waals surface area (Å²) in [7, 11) is 0. The summed E-state index contributed by atoms with van der Waals surface area (Å²) < 4.78 is 16.9. The standard InChI is InChI=1S/C74H130O6/c1-4-7-10-13-16-19-22-25-28-29-30-31-32-33-34-35-36-37-38-39-40-41-42-43-44-45-47-49-52-55-58-61-64-67-73(76)79-70-71(69-78-72(75)66-63-60-57-54-51-48-27-24-21-18-15-12-9-6-3)80-74(77)68-65-62-59-56-53-50-46-26-23-20-17-14-11-8-5-2/h8,11,17,20,22,24-27,29-30,46,53,56,71H,4-7,9-10,12-16,18-19,21,23,28,31-45,47-52,54-55,57-70H2,1-3H3/b11-8-,20-17-,25-22-,27-24-,30-29-,46-26-,56-53-. The highest BCUT2D eigenvalue weighted by Crippen LogP contribution is 2.17. The van der Waals surface area contributed by atoms with E-state index in [1.54, 1.807) is 0 Å². The van der Waals surface area contributed by atoms with E-state index in [0.717, 1.165) is 89.9 Å². The third kappa shape index (κ3) is 65.4. The molecule has 0 aromatic rings. The van der Waals surface area contributed by atoms with Crippen molar-refractivity contribution in [3.05, 3.63) is 85.1 Å². The maximum Gasteiger partial charge on any atom is 0.306 e. The fourth-order valence-corrected chi connectivity index (χ4v) is 9.93. The first-order chi connectivity index (χ1) is 39.5. The van der Waals surface area contributed by atoms with Gasteiger partial charge in [0, 0.05) is 19.3 Å². The third-order valence-corrected chi connectivity index (χ3v) is 15.1. The first-order valence-electron chi connectivity index (χ1n) is 34.6. The minimum Gasteiger partial charge on any atom is -0.462 e. The van der Waals surface area contributed by atoms with Gasteiger partial charge in [0.15, 0.2) is 6.10 Å². The topological polar surface area (TPSA) is 78.9 Å². The molecule has 0 aliphatic rings. The molecule has 0 aliphatic carbocycles. The summed E-state index contributed by atoms with van der Waals surface area (Å²) in [4.78, 5) is 38.3. The van der Waals surface area contributed by atoms with Gasteiger partial charge in [-0.1, -0.05) is 298 Å². The van der Waals surface area contributed by atoms with Crippen molar-refractivity contribution in [3.63, 3.8) is 0 Å². The van der Waals surface area contributed by atoms with Crippen LogP contribution in [-0.2, 0) is 28.6 Å². The lowest BCUT2D eigenvalue weighted by molar-refractivity contribution is -0.167. The molecule has 0 amide bonds. The molecule has 0 spiro atoms. The molecular formula is C74H130O6. The van der Waals surface area contributed by atoms with Crippen LogP contribution in [0.4, 0.5) is 0 Å². The van der Waals surface area contributed by atoms with Crippen LogP contribution in [0, 0.1) is 0 Å². The van der Waals surface area contributed by atoms with Crippen LogP contribution in [0.15, 0.2) is 85.1 Å². The number of allylic oxidation sites excluding steroid dienone is 14. The molecule has 0 aliphatic heterocycles. The lowest BCUT2D eigenvalue weighted by atomic mass is 10.0. The molecule has 6 nitrogen and oxygen atoms in total. The fraction of sp³-hybridized carbons (Fsp3) is 0.770. The van der Waals surface area contributed by atoms with Gasteiger partial charge in [0.1, 0.15) is 13.2 Å². The van der Waals surface area contributed by atoms with Crippen LogP contribution < -0.4 is 0 Å². The van der Waals surface area contributed by atoms with E-state index in [-0.39, 0.29) is 37.5 Å². The lowest BCUT2D eigenvalue weighted by Crippen LogP contribution is -2.30. The predicted molar refractivity (Wildman–Crippen MR) is 348 cm³/mol. The molecule has 0 aromatic heterocycles. The number of hydrogen-bond acceptors (Lipinski definition) is 6. The zero-order chi connectivity index (χ0) is 57.8. The van der Waals surface area contributed by atoms with E-state index >= 15 is 0 Å². The zero-order valence-corrected chi connectivity index (χ0v) is 53.1. The second-order valence-corrected chi connectivity index (χ2v) is 23.1. The second kappa shape index (κ2) is 68.1. The van der Waals surface area contributed by atoms with Crippen LogP contribution >= 0.6 is 0 Å². The molecule has 0 N–H and O–H groups in total. The van der Waals surface area contributed by atoms with Crippen molar-refractivity contribution in [2.24, 2.45) is 0 Å². The highest BCUT2D eigenvalue weighted by atomic mass is 16.6. The Kier molecular flexibility index (Phi) is 65.2. The summed E-state index contributed by atoms with van der Waals surface area (Å²) in [5, 5.41) is 0. The van der Waals surface area contributed by atoms with Crippen molar-refractivity contribution < 1.29 is 28.6 Å². The number of ether oxygens (including phenoxy) is 3. The Morgan fingerprint density at radius 2 is 0.487 bits per heavy atom. The smallest absolute Gasteiger partial charge is 0.306 e. The molecule has 0 heterocycles. The Balaban J connectivity index is 4.16. The molecule has 0 saturated heterocycles. The lowest BCUT2D eigenvalue weighted by Gasteiger charge is -2.18. The van der Waals surface area contributed by atoms with Crippen LogP contribution in [0.2, 0.25) is 0 Å². The Labute approximate surface area is 496 Å². The molecule has 6 heteroatoms. The van der Waals surface area contributed by atoms with Crippen LogP contribution in [0.25, 0.3) is 0 Å². The van der Waals surface area contributed by atoms with Gasteiger partial charge in [-0.25, -0.2) is 0 Å². The minimum absolute atomic E-state index is 0.0929. The number of esters is 3. The summed E-state index contributed by atoms with van der Waals surface area (Å²) in [6.07, 6.45) is 90.6. The highest BCUT2D eigenvalue weighted by Gasteiger charge is 2.19. The summed E-state index contributed by atoms with van der Waals surface area (Å²) in [5.41, 5.74) is 0. The second-order valence-electron chi connectivity index (χ2n) is 23.1. The van der Waals surface area contributed by atoms with Gasteiger partial charge < -0.3 is 14.2 Å². The van der Waals surface area contributed by atoms with Crippen molar-refractivity contribution in [2.75, 3.05) is 13.2 Å². The van der Waals surface area contributed by atoms with Gasteiger partial charge in [-0.3, -0.25) is 14.4 Å². The Hall–Kier alpha value is -3.41. The molecule has 462 valence electrons. The first kappa shape index (κ1) is 76.6. The van der Waals surface area contributed by atoms with Crippen LogP contribution in [0.3, 0.4) is 0 Å². The molecule has 0 radical (unpaired) electrons. The summed E-state index contributed by atoms with van der Waals surface area (Å²) in [6.45, 7) is 6.50. The van der Waals surface area contributed by atoms with Crippen molar-refractivity contribution >= 4 is 17.9 Å². The quantitative estimate of drug-likeness (QED) is 0.0261. The largest absolute Gasteiger partial charge is 0.462 e. The van der Waals surface area contributed by atoms with Gasteiger partial charge in [-0.05, 0) is 116 Å². The number of hydrogen-bond donors (Lipinski definition) is 0. The highest BCUT2D eigenvalue weighted by molar-refractivity contribution is 5.71. The predicted octanol–water partition coefficient (Wildman–Crippen LogP) is 23.8. The molecule has 0 rings (SSSR count). The van der Waals surface area contributed by atoms with Crippen LogP contribution in [-0.4, -0.2) is 37.2 Å². The Morgan fingerprint density at radius 3 is 0.800 bits per heavy atom. The summed E-state index contributed by atoms with van der Waals surface area (Å²) >= 11 is 0. The molecular weight excluding hydrogens is 985 g/mol. The molecule has 0 fully saturated rings. The average molecular weight is 1120 g/mol. The number of carbonyl (C=O) groups excluding carboxylic acids is 3. The van der Waals surface area contributed by atoms with Gasteiger partial charge >= 0.3 is 17.9 Å². The SMILES string of the molecule is CC/C=C\C/C=C\C/C=C\C/C=C\CCCCC(=O)OC(COC(=O)CCCCCCC/C=C\CCCCCCC)COC(=O)CCCCCCCCCCCCCCCCCCCCCCC/C=C\C/C=C\CCCCCCC. The van der Waals surface area contributed by atoms with Crippen LogP contribution in [0.1, 0.15) is 348 Å². The van der Waals surface area contributed by atoms with E-state index in [9.17, 15) is 14.4 Å². The number of rotatable bonds is 63.